The lowest BCUT2D eigenvalue weighted by molar-refractivity contribution is -0.136. The van der Waals surface area contributed by atoms with Crippen LogP contribution in [0.15, 0.2) is 45.1 Å². The molecule has 2 aromatic rings. The maximum atomic E-state index is 12.9. The second-order valence-electron chi connectivity index (χ2n) is 6.11. The van der Waals surface area contributed by atoms with Gasteiger partial charge >= 0.3 is 11.7 Å². The van der Waals surface area contributed by atoms with Crippen molar-refractivity contribution in [2.45, 2.75) is 12.8 Å². The summed E-state index contributed by atoms with van der Waals surface area (Å²) in [6.07, 6.45) is 0. The van der Waals surface area contributed by atoms with Gasteiger partial charge in [0.2, 0.25) is 0 Å². The van der Waals surface area contributed by atoms with Gasteiger partial charge in [0.15, 0.2) is 0 Å². The normalized spacial score (nSPS) is 16.1. The van der Waals surface area contributed by atoms with Gasteiger partial charge in [-0.3, -0.25) is 13.9 Å². The number of aromatic nitrogens is 2. The lowest BCUT2D eigenvalue weighted by Crippen LogP contribution is -2.43. The molecule has 136 valence electrons. The van der Waals surface area contributed by atoms with Gasteiger partial charge in [0.05, 0.1) is 24.2 Å². The Labute approximate surface area is 154 Å². The Morgan fingerprint density at radius 3 is 2.35 bits per heavy atom. The van der Waals surface area contributed by atoms with Crippen LogP contribution in [0.2, 0.25) is 5.02 Å². The van der Waals surface area contributed by atoms with Gasteiger partial charge in [-0.1, -0.05) is 23.7 Å². The number of halogens is 1. The molecule has 0 fully saturated rings. The van der Waals surface area contributed by atoms with Gasteiger partial charge in [0.25, 0.3) is 5.56 Å². The summed E-state index contributed by atoms with van der Waals surface area (Å²) in [5.74, 6) is -0.860. The number of anilines is 1. The molecule has 0 amide bonds. The van der Waals surface area contributed by atoms with Crippen LogP contribution in [0.4, 0.5) is 5.82 Å². The molecule has 1 aliphatic rings. The lowest BCUT2D eigenvalue weighted by atomic mass is 9.82. The van der Waals surface area contributed by atoms with Crippen LogP contribution in [0.5, 0.6) is 0 Å². The van der Waals surface area contributed by atoms with Crippen molar-refractivity contribution >= 4 is 23.4 Å². The summed E-state index contributed by atoms with van der Waals surface area (Å²) in [5.41, 5.74) is 0.927. The highest BCUT2D eigenvalue weighted by molar-refractivity contribution is 6.30. The second kappa shape index (κ2) is 6.49. The Morgan fingerprint density at radius 1 is 1.15 bits per heavy atom. The second-order valence-corrected chi connectivity index (χ2v) is 6.54. The van der Waals surface area contributed by atoms with Crippen molar-refractivity contribution in [1.82, 2.24) is 9.13 Å². The minimum absolute atomic E-state index is 0.308. The van der Waals surface area contributed by atoms with Gasteiger partial charge in [-0.2, -0.15) is 0 Å². The number of rotatable bonds is 2. The quantitative estimate of drug-likeness (QED) is 0.808. The molecule has 1 aromatic carbocycles. The number of benzene rings is 1. The molecular weight excluding hydrogens is 358 g/mol. The van der Waals surface area contributed by atoms with Crippen molar-refractivity contribution < 1.29 is 9.53 Å². The number of nitrogens with one attached hydrogen (secondary N) is 1. The van der Waals surface area contributed by atoms with Gasteiger partial charge < -0.3 is 10.1 Å². The first-order valence-corrected chi connectivity index (χ1v) is 8.27. The number of allylic oxidation sites excluding steroid dienone is 1. The predicted molar refractivity (Wildman–Crippen MR) is 98.6 cm³/mol. The van der Waals surface area contributed by atoms with E-state index in [-0.39, 0.29) is 0 Å². The van der Waals surface area contributed by atoms with E-state index in [1.165, 1.54) is 18.7 Å². The molecule has 0 unspecified atom stereocenters. The Balaban J connectivity index is 2.41. The Kier molecular flexibility index (Phi) is 4.50. The first-order valence-electron chi connectivity index (χ1n) is 7.89. The van der Waals surface area contributed by atoms with Crippen molar-refractivity contribution in [3.8, 4) is 0 Å². The maximum Gasteiger partial charge on any atom is 0.336 e. The summed E-state index contributed by atoms with van der Waals surface area (Å²) in [4.78, 5) is 37.7. The third kappa shape index (κ3) is 2.64. The average molecular weight is 376 g/mol. The highest BCUT2D eigenvalue weighted by Crippen LogP contribution is 2.40. The predicted octanol–water partition coefficient (Wildman–Crippen LogP) is 1.74. The van der Waals surface area contributed by atoms with Crippen LogP contribution in [-0.2, 0) is 23.6 Å². The smallest absolute Gasteiger partial charge is 0.336 e. The number of methoxy groups -OCH3 is 1. The molecule has 0 bridgehead atoms. The monoisotopic (exact) mass is 375 g/mol. The van der Waals surface area contributed by atoms with Crippen molar-refractivity contribution in [3.63, 3.8) is 0 Å². The van der Waals surface area contributed by atoms with Crippen molar-refractivity contribution in [2.24, 2.45) is 14.1 Å². The fraction of sp³-hybridized carbons (Fsp3) is 0.278. The van der Waals surface area contributed by atoms with E-state index in [0.717, 1.165) is 4.57 Å². The number of hydrogen-bond donors (Lipinski definition) is 1. The highest BCUT2D eigenvalue weighted by atomic mass is 35.5. The molecule has 0 saturated heterocycles. The molecule has 3 rings (SSSR count). The molecule has 0 spiro atoms. The lowest BCUT2D eigenvalue weighted by Gasteiger charge is -2.30. The van der Waals surface area contributed by atoms with Gasteiger partial charge in [-0.25, -0.2) is 9.59 Å². The average Bonchev–Trinajstić information content (AvgIpc) is 2.63. The number of carbonyl (C=O) groups is 1. The van der Waals surface area contributed by atoms with E-state index in [2.05, 4.69) is 5.32 Å². The number of hydrogen-bond acceptors (Lipinski definition) is 5. The molecule has 0 saturated carbocycles. The third-order valence-electron chi connectivity index (χ3n) is 4.60. The van der Waals surface area contributed by atoms with E-state index >= 15 is 0 Å². The topological polar surface area (TPSA) is 82.3 Å². The zero-order valence-corrected chi connectivity index (χ0v) is 15.5. The summed E-state index contributed by atoms with van der Waals surface area (Å²) in [5, 5.41) is 3.55. The van der Waals surface area contributed by atoms with Crippen molar-refractivity contribution in [3.05, 3.63) is 72.5 Å². The maximum absolute atomic E-state index is 12.9. The minimum atomic E-state index is -0.679. The third-order valence-corrected chi connectivity index (χ3v) is 4.85. The molecular formula is C18H18ClN3O4. The molecule has 1 atom stereocenters. The number of ether oxygens (including phenoxy) is 1. The van der Waals surface area contributed by atoms with Crippen molar-refractivity contribution in [2.75, 3.05) is 12.4 Å². The van der Waals surface area contributed by atoms with E-state index in [1.807, 2.05) is 0 Å². The van der Waals surface area contributed by atoms with Crippen LogP contribution in [0.3, 0.4) is 0 Å². The summed E-state index contributed by atoms with van der Waals surface area (Å²) < 4.78 is 7.32. The molecule has 7 nitrogen and oxygen atoms in total. The number of carbonyl (C=O) groups excluding carboxylic acids is 1. The summed E-state index contributed by atoms with van der Waals surface area (Å²) in [6.45, 7) is 1.71. The molecule has 8 heteroatoms. The van der Waals surface area contributed by atoms with Crippen LogP contribution >= 0.6 is 11.6 Å². The van der Waals surface area contributed by atoms with Crippen LogP contribution in [0, 0.1) is 0 Å². The van der Waals surface area contributed by atoms with E-state index in [0.29, 0.717) is 33.2 Å². The molecule has 0 aliphatic carbocycles. The van der Waals surface area contributed by atoms with Gasteiger partial charge in [0.1, 0.15) is 5.82 Å². The number of fused-ring (bicyclic) bond motifs is 1. The Morgan fingerprint density at radius 2 is 1.77 bits per heavy atom. The number of esters is 1. The van der Waals surface area contributed by atoms with Crippen LogP contribution < -0.4 is 16.6 Å². The molecule has 2 heterocycles. The standard InChI is InChI=1S/C18H18ClN3O4/c1-9-12(17(24)26-4)13(10-5-7-11(19)8-6-10)14-15(20-9)21(2)18(25)22(3)16(14)23/h5-8,13,20H,1-4H3/t13-/m0/s1. The van der Waals surface area contributed by atoms with Crippen LogP contribution in [-0.4, -0.2) is 22.2 Å². The van der Waals surface area contributed by atoms with Crippen molar-refractivity contribution in [1.29, 1.82) is 0 Å². The zero-order valence-electron chi connectivity index (χ0n) is 14.8. The van der Waals surface area contributed by atoms with Gasteiger partial charge in [0, 0.05) is 24.8 Å². The highest BCUT2D eigenvalue weighted by Gasteiger charge is 2.37. The fourth-order valence-corrected chi connectivity index (χ4v) is 3.38. The number of nitrogens with zero attached hydrogens (tertiary/aromatic N) is 2. The van der Waals surface area contributed by atoms with Gasteiger partial charge in [-0.05, 0) is 24.6 Å². The van der Waals surface area contributed by atoms with Gasteiger partial charge in [-0.15, -0.1) is 0 Å². The largest absolute Gasteiger partial charge is 0.466 e. The summed E-state index contributed by atoms with van der Waals surface area (Å²) in [6, 6.07) is 6.89. The van der Waals surface area contributed by atoms with Crippen LogP contribution in [0.1, 0.15) is 24.0 Å². The molecule has 0 radical (unpaired) electrons. The van der Waals surface area contributed by atoms with Crippen LogP contribution in [0.25, 0.3) is 0 Å². The van der Waals surface area contributed by atoms with E-state index in [4.69, 9.17) is 16.3 Å². The SMILES string of the molecule is COC(=O)C1=C(C)Nc2c(c(=O)n(C)c(=O)n2C)[C@H]1c1ccc(Cl)cc1. The summed E-state index contributed by atoms with van der Waals surface area (Å²) >= 11 is 5.98. The first kappa shape index (κ1) is 18.0. The van der Waals surface area contributed by atoms with E-state index in [1.54, 1.807) is 38.2 Å². The zero-order chi connectivity index (χ0) is 19.2. The molecule has 26 heavy (non-hydrogen) atoms. The Bertz CT molecular complexity index is 1050. The first-order chi connectivity index (χ1) is 12.3. The van der Waals surface area contributed by atoms with E-state index < -0.39 is 23.1 Å². The fourth-order valence-electron chi connectivity index (χ4n) is 3.26. The molecule has 1 N–H and O–H groups in total. The minimum Gasteiger partial charge on any atom is -0.466 e. The summed E-state index contributed by atoms with van der Waals surface area (Å²) in [7, 11) is 4.27. The molecule has 1 aliphatic heterocycles. The Hall–Kier alpha value is -2.80. The van der Waals surface area contributed by atoms with E-state index in [9.17, 15) is 14.4 Å². The molecule has 1 aromatic heterocycles.